The number of aliphatic carboxylic acids is 1. The van der Waals surface area contributed by atoms with Crippen molar-refractivity contribution in [3.05, 3.63) is 33.8 Å². The van der Waals surface area contributed by atoms with Crippen LogP contribution in [0.25, 0.3) is 0 Å². The van der Waals surface area contributed by atoms with Crippen molar-refractivity contribution in [1.29, 1.82) is 0 Å². The van der Waals surface area contributed by atoms with Crippen LogP contribution in [0, 0.1) is 0 Å². The topological polar surface area (TPSA) is 56.7 Å². The SMILES string of the molecule is O=C([O-])C1CSC(c2cccc(Cl)c2Cl)[NH2+]1. The van der Waals surface area contributed by atoms with Crippen molar-refractivity contribution in [1.82, 2.24) is 0 Å². The van der Waals surface area contributed by atoms with Gasteiger partial charge in [-0.05, 0) is 6.07 Å². The third-order valence-electron chi connectivity index (χ3n) is 2.45. The standard InChI is InChI=1S/C10H9Cl2NO2S/c11-6-3-1-2-5(8(6)12)9-13-7(4-16-9)10(14)15/h1-3,7,9,13H,4H2,(H,14,15). The predicted molar refractivity (Wildman–Crippen MR) is 62.4 cm³/mol. The Balaban J connectivity index is 2.21. The van der Waals surface area contributed by atoms with Crippen LogP contribution in [-0.4, -0.2) is 17.8 Å². The Hall–Kier alpha value is -0.420. The summed E-state index contributed by atoms with van der Waals surface area (Å²) in [4.78, 5) is 10.7. The van der Waals surface area contributed by atoms with E-state index in [1.54, 1.807) is 11.4 Å². The summed E-state index contributed by atoms with van der Waals surface area (Å²) in [7, 11) is 0. The van der Waals surface area contributed by atoms with E-state index in [1.165, 1.54) is 11.8 Å². The molecule has 1 saturated heterocycles. The Bertz CT molecular complexity index is 427. The minimum absolute atomic E-state index is 0.0194. The van der Waals surface area contributed by atoms with Crippen LogP contribution in [0.4, 0.5) is 0 Å². The Morgan fingerprint density at radius 1 is 1.50 bits per heavy atom. The van der Waals surface area contributed by atoms with Gasteiger partial charge in [-0.2, -0.15) is 0 Å². The summed E-state index contributed by atoms with van der Waals surface area (Å²) in [5.74, 6) is -0.510. The van der Waals surface area contributed by atoms with E-state index in [9.17, 15) is 9.90 Å². The highest BCUT2D eigenvalue weighted by Gasteiger charge is 2.32. The van der Waals surface area contributed by atoms with E-state index in [-0.39, 0.29) is 5.37 Å². The first-order valence-corrected chi connectivity index (χ1v) is 6.51. The third-order valence-corrected chi connectivity index (χ3v) is 4.61. The third kappa shape index (κ3) is 2.30. The van der Waals surface area contributed by atoms with Gasteiger partial charge in [-0.15, -0.1) is 0 Å². The van der Waals surface area contributed by atoms with Crippen LogP contribution < -0.4 is 10.4 Å². The molecule has 1 fully saturated rings. The molecule has 3 nitrogen and oxygen atoms in total. The molecule has 6 heteroatoms. The van der Waals surface area contributed by atoms with Gasteiger partial charge in [0.2, 0.25) is 0 Å². The van der Waals surface area contributed by atoms with Crippen molar-refractivity contribution in [2.24, 2.45) is 0 Å². The molecule has 1 aliphatic heterocycles. The molecule has 1 aliphatic rings. The number of quaternary nitrogens is 1. The Labute approximate surface area is 107 Å². The lowest BCUT2D eigenvalue weighted by Crippen LogP contribution is -2.90. The number of nitrogens with two attached hydrogens (primary N) is 1. The number of carbonyl (C=O) groups is 1. The van der Waals surface area contributed by atoms with E-state index < -0.39 is 12.0 Å². The molecule has 0 bridgehead atoms. The van der Waals surface area contributed by atoms with Crippen molar-refractivity contribution >= 4 is 40.9 Å². The number of rotatable bonds is 2. The molecule has 2 N–H and O–H groups in total. The number of thioether (sulfide) groups is 1. The minimum atomic E-state index is -1.03. The maximum absolute atomic E-state index is 10.7. The van der Waals surface area contributed by atoms with Gasteiger partial charge in [0, 0.05) is 5.56 Å². The van der Waals surface area contributed by atoms with Gasteiger partial charge in [-0.1, -0.05) is 47.1 Å². The number of carbonyl (C=O) groups excluding carboxylic acids is 1. The van der Waals surface area contributed by atoms with Gasteiger partial charge >= 0.3 is 0 Å². The lowest BCUT2D eigenvalue weighted by molar-refractivity contribution is -0.690. The van der Waals surface area contributed by atoms with Crippen molar-refractivity contribution in [2.45, 2.75) is 11.4 Å². The fourth-order valence-corrected chi connectivity index (χ4v) is 3.44. The molecule has 1 aromatic rings. The van der Waals surface area contributed by atoms with Gasteiger partial charge in [-0.3, -0.25) is 0 Å². The molecule has 86 valence electrons. The van der Waals surface area contributed by atoms with Crippen LogP contribution in [0.15, 0.2) is 18.2 Å². The first-order chi connectivity index (χ1) is 7.59. The summed E-state index contributed by atoms with van der Waals surface area (Å²) in [5, 5.41) is 13.4. The number of benzene rings is 1. The number of carboxylic acid groups (broad SMARTS) is 1. The fourth-order valence-electron chi connectivity index (χ4n) is 1.61. The van der Waals surface area contributed by atoms with Gasteiger partial charge in [-0.25, -0.2) is 0 Å². The molecule has 0 aliphatic carbocycles. The molecule has 2 unspecified atom stereocenters. The first-order valence-electron chi connectivity index (χ1n) is 4.71. The molecule has 0 saturated carbocycles. The Morgan fingerprint density at radius 2 is 2.25 bits per heavy atom. The number of hydrogen-bond donors (Lipinski definition) is 1. The maximum atomic E-state index is 10.7. The minimum Gasteiger partial charge on any atom is -0.544 e. The summed E-state index contributed by atoms with van der Waals surface area (Å²) in [6.45, 7) is 0. The van der Waals surface area contributed by atoms with Gasteiger partial charge in [0.25, 0.3) is 0 Å². The molecule has 0 spiro atoms. The number of hydrogen-bond acceptors (Lipinski definition) is 3. The van der Waals surface area contributed by atoms with E-state index in [0.717, 1.165) is 5.56 Å². The van der Waals surface area contributed by atoms with Crippen molar-refractivity contribution in [3.8, 4) is 0 Å². The molecule has 16 heavy (non-hydrogen) atoms. The summed E-state index contributed by atoms with van der Waals surface area (Å²) < 4.78 is 0. The molecule has 2 atom stereocenters. The number of carboxylic acids is 1. The van der Waals surface area contributed by atoms with Crippen molar-refractivity contribution in [3.63, 3.8) is 0 Å². The molecule has 0 radical (unpaired) electrons. The Kier molecular flexibility index (Phi) is 3.64. The molecule has 0 amide bonds. The van der Waals surface area contributed by atoms with E-state index in [0.29, 0.717) is 15.8 Å². The van der Waals surface area contributed by atoms with Gasteiger partial charge in [0.15, 0.2) is 5.37 Å². The van der Waals surface area contributed by atoms with Crippen LogP contribution in [-0.2, 0) is 4.79 Å². The average molecular weight is 278 g/mol. The highest BCUT2D eigenvalue weighted by atomic mass is 35.5. The van der Waals surface area contributed by atoms with Crippen LogP contribution in [0.1, 0.15) is 10.9 Å². The predicted octanol–water partition coefficient (Wildman–Crippen LogP) is 0.421. The largest absolute Gasteiger partial charge is 0.544 e. The second-order valence-corrected chi connectivity index (χ2v) is 5.47. The summed E-state index contributed by atoms with van der Waals surface area (Å²) >= 11 is 13.5. The zero-order chi connectivity index (χ0) is 11.7. The van der Waals surface area contributed by atoms with Crippen LogP contribution in [0.3, 0.4) is 0 Å². The van der Waals surface area contributed by atoms with Gasteiger partial charge in [0.1, 0.15) is 12.0 Å². The quantitative estimate of drug-likeness (QED) is 0.853. The Morgan fingerprint density at radius 3 is 2.88 bits per heavy atom. The summed E-state index contributed by atoms with van der Waals surface area (Å²) in [5.41, 5.74) is 0.864. The monoisotopic (exact) mass is 277 g/mol. The molecule has 1 aromatic carbocycles. The zero-order valence-electron chi connectivity index (χ0n) is 8.15. The van der Waals surface area contributed by atoms with Crippen LogP contribution in [0.2, 0.25) is 10.0 Å². The smallest absolute Gasteiger partial charge is 0.161 e. The molecule has 2 rings (SSSR count). The molecule has 0 aromatic heterocycles. The summed E-state index contributed by atoms with van der Waals surface area (Å²) in [6.07, 6.45) is 0. The van der Waals surface area contributed by atoms with E-state index in [2.05, 4.69) is 0 Å². The average Bonchev–Trinajstić information content (AvgIpc) is 2.71. The lowest BCUT2D eigenvalue weighted by atomic mass is 10.2. The van der Waals surface area contributed by atoms with Crippen LogP contribution in [0.5, 0.6) is 0 Å². The van der Waals surface area contributed by atoms with E-state index >= 15 is 0 Å². The zero-order valence-corrected chi connectivity index (χ0v) is 10.5. The van der Waals surface area contributed by atoms with Gasteiger partial charge < -0.3 is 15.2 Å². The normalized spacial score (nSPS) is 24.6. The highest BCUT2D eigenvalue weighted by molar-refractivity contribution is 7.99. The maximum Gasteiger partial charge on any atom is 0.161 e. The first kappa shape index (κ1) is 12.0. The summed E-state index contributed by atoms with van der Waals surface area (Å²) in [6, 6.07) is 4.87. The van der Waals surface area contributed by atoms with E-state index in [1.807, 2.05) is 12.1 Å². The molecular weight excluding hydrogens is 269 g/mol. The lowest BCUT2D eigenvalue weighted by Gasteiger charge is -2.12. The second-order valence-electron chi connectivity index (χ2n) is 3.51. The van der Waals surface area contributed by atoms with Gasteiger partial charge in [0.05, 0.1) is 15.8 Å². The van der Waals surface area contributed by atoms with Crippen molar-refractivity contribution < 1.29 is 15.2 Å². The number of halogens is 2. The highest BCUT2D eigenvalue weighted by Crippen LogP contribution is 2.35. The second kappa shape index (κ2) is 4.84. The molecule has 1 heterocycles. The van der Waals surface area contributed by atoms with Crippen molar-refractivity contribution in [2.75, 3.05) is 5.75 Å². The van der Waals surface area contributed by atoms with Crippen LogP contribution >= 0.6 is 35.0 Å². The fraction of sp³-hybridized carbons (Fsp3) is 0.300. The van der Waals surface area contributed by atoms with E-state index in [4.69, 9.17) is 23.2 Å². The molecular formula is C10H9Cl2NO2S.